The molecule has 0 aliphatic carbocycles. The number of sulfonamides is 1. The summed E-state index contributed by atoms with van der Waals surface area (Å²) in [5.74, 6) is -0.551. The SMILES string of the molecule is COc1cc(NC(=O)c2ccccc2)c(C(=O)OCc2ccc(S(=O)(=O)N(C)C)o2)cc1OC. The lowest BCUT2D eigenvalue weighted by atomic mass is 10.1. The Morgan fingerprint density at radius 3 is 2.24 bits per heavy atom. The predicted molar refractivity (Wildman–Crippen MR) is 123 cm³/mol. The molecule has 10 nitrogen and oxygen atoms in total. The number of carbonyl (C=O) groups is 2. The third kappa shape index (κ3) is 5.38. The molecule has 0 saturated heterocycles. The first-order valence-corrected chi connectivity index (χ1v) is 11.4. The Bertz CT molecular complexity index is 1280. The van der Waals surface area contributed by atoms with Crippen molar-refractivity contribution in [3.63, 3.8) is 0 Å². The summed E-state index contributed by atoms with van der Waals surface area (Å²) >= 11 is 0. The monoisotopic (exact) mass is 488 g/mol. The standard InChI is InChI=1S/C23H24N2O8S/c1-25(2)34(28,29)21-11-10-16(33-21)14-32-23(27)17-12-19(30-3)20(31-4)13-18(17)24-22(26)15-8-6-5-7-9-15/h5-13H,14H2,1-4H3,(H,24,26). The first-order chi connectivity index (χ1) is 16.2. The highest BCUT2D eigenvalue weighted by molar-refractivity contribution is 7.88. The van der Waals surface area contributed by atoms with Crippen LogP contribution >= 0.6 is 0 Å². The summed E-state index contributed by atoms with van der Waals surface area (Å²) in [6.07, 6.45) is 0. The van der Waals surface area contributed by atoms with Crippen LogP contribution in [0.25, 0.3) is 0 Å². The van der Waals surface area contributed by atoms with Gasteiger partial charge in [0.25, 0.3) is 15.9 Å². The molecule has 0 saturated carbocycles. The van der Waals surface area contributed by atoms with Gasteiger partial charge >= 0.3 is 5.97 Å². The number of nitrogens with zero attached hydrogens (tertiary/aromatic N) is 1. The van der Waals surface area contributed by atoms with E-state index in [1.807, 2.05) is 0 Å². The minimum Gasteiger partial charge on any atom is -0.493 e. The average molecular weight is 489 g/mol. The summed E-state index contributed by atoms with van der Waals surface area (Å²) in [5.41, 5.74) is 0.545. The van der Waals surface area contributed by atoms with Gasteiger partial charge in [0.1, 0.15) is 12.4 Å². The molecule has 1 aromatic heterocycles. The predicted octanol–water partition coefficient (Wildman–Crippen LogP) is 3.16. The number of ether oxygens (including phenoxy) is 3. The number of methoxy groups -OCH3 is 2. The van der Waals surface area contributed by atoms with Gasteiger partial charge in [-0.05, 0) is 24.3 Å². The molecular weight excluding hydrogens is 464 g/mol. The van der Waals surface area contributed by atoms with Gasteiger partial charge in [0, 0.05) is 31.8 Å². The van der Waals surface area contributed by atoms with Crippen LogP contribution in [0.5, 0.6) is 11.5 Å². The Hall–Kier alpha value is -3.83. The number of nitrogens with one attached hydrogen (secondary N) is 1. The molecule has 2 aromatic carbocycles. The molecule has 34 heavy (non-hydrogen) atoms. The summed E-state index contributed by atoms with van der Waals surface area (Å²) < 4.78 is 46.5. The Morgan fingerprint density at radius 2 is 1.62 bits per heavy atom. The fourth-order valence-electron chi connectivity index (χ4n) is 2.90. The van der Waals surface area contributed by atoms with E-state index in [-0.39, 0.29) is 34.5 Å². The maximum absolute atomic E-state index is 12.9. The molecule has 0 aliphatic heterocycles. The third-order valence-electron chi connectivity index (χ3n) is 4.75. The Labute approximate surface area is 197 Å². The van der Waals surface area contributed by atoms with E-state index in [1.54, 1.807) is 30.3 Å². The highest BCUT2D eigenvalue weighted by atomic mass is 32.2. The van der Waals surface area contributed by atoms with Crippen molar-refractivity contribution in [3.05, 3.63) is 71.5 Å². The summed E-state index contributed by atoms with van der Waals surface area (Å²) in [7, 11) is 1.82. The lowest BCUT2D eigenvalue weighted by Crippen LogP contribution is -2.21. The van der Waals surface area contributed by atoms with Crippen LogP contribution in [-0.4, -0.2) is 52.9 Å². The molecule has 0 atom stereocenters. The van der Waals surface area contributed by atoms with Crippen molar-refractivity contribution in [1.29, 1.82) is 0 Å². The molecule has 0 unspecified atom stereocenters. The zero-order valence-electron chi connectivity index (χ0n) is 19.0. The topological polar surface area (TPSA) is 124 Å². The van der Waals surface area contributed by atoms with Gasteiger partial charge in [-0.3, -0.25) is 4.79 Å². The molecule has 1 amide bonds. The van der Waals surface area contributed by atoms with Crippen molar-refractivity contribution in [2.75, 3.05) is 33.6 Å². The lowest BCUT2D eigenvalue weighted by molar-refractivity contribution is 0.0441. The fourth-order valence-corrected chi connectivity index (χ4v) is 3.72. The van der Waals surface area contributed by atoms with E-state index in [2.05, 4.69) is 5.32 Å². The van der Waals surface area contributed by atoms with E-state index >= 15 is 0 Å². The van der Waals surface area contributed by atoms with Gasteiger partial charge in [-0.15, -0.1) is 0 Å². The molecular formula is C23H24N2O8S. The molecule has 0 bridgehead atoms. The summed E-state index contributed by atoms with van der Waals surface area (Å²) in [5, 5.41) is 2.41. The zero-order valence-corrected chi connectivity index (χ0v) is 19.8. The Balaban J connectivity index is 1.85. The highest BCUT2D eigenvalue weighted by Crippen LogP contribution is 2.34. The van der Waals surface area contributed by atoms with E-state index in [9.17, 15) is 18.0 Å². The van der Waals surface area contributed by atoms with Crippen molar-refractivity contribution in [1.82, 2.24) is 4.31 Å². The van der Waals surface area contributed by atoms with Gasteiger partial charge in [-0.1, -0.05) is 18.2 Å². The Morgan fingerprint density at radius 1 is 0.971 bits per heavy atom. The van der Waals surface area contributed by atoms with Crippen molar-refractivity contribution in [2.45, 2.75) is 11.7 Å². The second kappa shape index (κ2) is 10.4. The average Bonchev–Trinajstić information content (AvgIpc) is 3.32. The van der Waals surface area contributed by atoms with Crippen LogP contribution in [0.15, 0.2) is 64.1 Å². The smallest absolute Gasteiger partial charge is 0.340 e. The van der Waals surface area contributed by atoms with Crippen molar-refractivity contribution >= 4 is 27.6 Å². The molecule has 1 N–H and O–H groups in total. The number of anilines is 1. The van der Waals surface area contributed by atoms with E-state index in [0.717, 1.165) is 4.31 Å². The molecule has 3 aromatic rings. The minimum absolute atomic E-state index is 0.00891. The van der Waals surface area contributed by atoms with Gasteiger partial charge in [0.2, 0.25) is 5.09 Å². The van der Waals surface area contributed by atoms with Gasteiger partial charge in [-0.2, -0.15) is 0 Å². The van der Waals surface area contributed by atoms with Crippen LogP contribution in [0.1, 0.15) is 26.5 Å². The molecule has 1 heterocycles. The van der Waals surface area contributed by atoms with Crippen LogP contribution in [-0.2, 0) is 21.4 Å². The fraction of sp³-hybridized carbons (Fsp3) is 0.217. The molecule has 180 valence electrons. The van der Waals surface area contributed by atoms with Crippen LogP contribution in [0, 0.1) is 0 Å². The maximum Gasteiger partial charge on any atom is 0.340 e. The highest BCUT2D eigenvalue weighted by Gasteiger charge is 2.23. The maximum atomic E-state index is 12.9. The van der Waals surface area contributed by atoms with Crippen LogP contribution in [0.2, 0.25) is 0 Å². The number of benzene rings is 2. The number of carbonyl (C=O) groups excluding carboxylic acids is 2. The van der Waals surface area contributed by atoms with Gasteiger partial charge in [0.15, 0.2) is 11.5 Å². The summed E-state index contributed by atoms with van der Waals surface area (Å²) in [6.45, 7) is -0.331. The molecule has 0 fully saturated rings. The number of amides is 1. The normalized spacial score (nSPS) is 11.2. The molecule has 11 heteroatoms. The summed E-state index contributed by atoms with van der Waals surface area (Å²) in [4.78, 5) is 25.6. The quantitative estimate of drug-likeness (QED) is 0.456. The number of furan rings is 1. The van der Waals surface area contributed by atoms with Crippen molar-refractivity contribution in [2.24, 2.45) is 0 Å². The molecule has 0 spiro atoms. The second-order valence-electron chi connectivity index (χ2n) is 7.16. The van der Waals surface area contributed by atoms with E-state index < -0.39 is 21.9 Å². The van der Waals surface area contributed by atoms with E-state index in [4.69, 9.17) is 18.6 Å². The van der Waals surface area contributed by atoms with Crippen LogP contribution < -0.4 is 14.8 Å². The molecule has 0 radical (unpaired) electrons. The number of rotatable bonds is 9. The Kier molecular flexibility index (Phi) is 7.59. The van der Waals surface area contributed by atoms with Crippen molar-refractivity contribution < 1.29 is 36.6 Å². The number of hydrogen-bond donors (Lipinski definition) is 1. The van der Waals surface area contributed by atoms with E-state index in [0.29, 0.717) is 11.3 Å². The zero-order chi connectivity index (χ0) is 24.9. The first-order valence-electron chi connectivity index (χ1n) is 9.98. The molecule has 3 rings (SSSR count). The van der Waals surface area contributed by atoms with Gasteiger partial charge in [-0.25, -0.2) is 17.5 Å². The largest absolute Gasteiger partial charge is 0.493 e. The number of esters is 1. The lowest BCUT2D eigenvalue weighted by Gasteiger charge is -2.15. The second-order valence-corrected chi connectivity index (χ2v) is 9.24. The molecule has 0 aliphatic rings. The van der Waals surface area contributed by atoms with Crippen LogP contribution in [0.3, 0.4) is 0 Å². The first kappa shape index (κ1) is 24.8. The van der Waals surface area contributed by atoms with Crippen molar-refractivity contribution in [3.8, 4) is 11.5 Å². The van der Waals surface area contributed by atoms with Crippen LogP contribution in [0.4, 0.5) is 5.69 Å². The van der Waals surface area contributed by atoms with Gasteiger partial charge in [0.05, 0.1) is 25.5 Å². The van der Waals surface area contributed by atoms with E-state index in [1.165, 1.54) is 52.6 Å². The van der Waals surface area contributed by atoms with Gasteiger partial charge < -0.3 is 23.9 Å². The summed E-state index contributed by atoms with van der Waals surface area (Å²) in [6, 6.07) is 14.0. The third-order valence-corrected chi connectivity index (χ3v) is 6.43. The number of hydrogen-bond acceptors (Lipinski definition) is 8. The minimum atomic E-state index is -3.76.